The number of aryl methyl sites for hydroxylation is 1. The van der Waals surface area contributed by atoms with Crippen LogP contribution in [-0.2, 0) is 14.8 Å². The van der Waals surface area contributed by atoms with E-state index in [1.54, 1.807) is 19.2 Å². The summed E-state index contributed by atoms with van der Waals surface area (Å²) in [5.41, 5.74) is 3.15. The Hall–Kier alpha value is -2.45. The predicted octanol–water partition coefficient (Wildman–Crippen LogP) is 4.43. The van der Waals surface area contributed by atoms with E-state index in [9.17, 15) is 13.2 Å². The smallest absolute Gasteiger partial charge is 0.241 e. The Morgan fingerprint density at radius 1 is 1.06 bits per heavy atom. The number of hydrogen-bond donors (Lipinski definition) is 1. The molecule has 0 heterocycles. The summed E-state index contributed by atoms with van der Waals surface area (Å²) in [5.74, 6) is 0.888. The highest BCUT2D eigenvalue weighted by molar-refractivity contribution is 7.92. The van der Waals surface area contributed by atoms with Crippen LogP contribution in [0.2, 0.25) is 5.02 Å². The van der Waals surface area contributed by atoms with E-state index >= 15 is 0 Å². The van der Waals surface area contributed by atoms with Crippen LogP contribution in [0, 0.1) is 6.92 Å². The number of hydrogen-bond acceptors (Lipinski definition) is 5. The maximum atomic E-state index is 12.9. The van der Waals surface area contributed by atoms with E-state index < -0.39 is 22.5 Å². The monoisotopic (exact) mass is 482 g/mol. The van der Waals surface area contributed by atoms with Gasteiger partial charge >= 0.3 is 0 Å². The van der Waals surface area contributed by atoms with Gasteiger partial charge in [0.2, 0.25) is 15.9 Å². The van der Waals surface area contributed by atoms with Crippen molar-refractivity contribution in [3.05, 3.63) is 52.0 Å². The number of rotatable bonds is 9. The van der Waals surface area contributed by atoms with E-state index in [2.05, 4.69) is 19.2 Å². The Morgan fingerprint density at radius 2 is 1.69 bits per heavy atom. The number of amides is 1. The number of methoxy groups -OCH3 is 2. The summed E-state index contributed by atoms with van der Waals surface area (Å²) in [5, 5.41) is 3.24. The van der Waals surface area contributed by atoms with Gasteiger partial charge in [0.15, 0.2) is 0 Å². The molecule has 1 unspecified atom stereocenters. The molecule has 2 aromatic rings. The van der Waals surface area contributed by atoms with E-state index in [4.69, 9.17) is 21.1 Å². The second-order valence-corrected chi connectivity index (χ2v) is 10.3. The van der Waals surface area contributed by atoms with E-state index in [1.807, 2.05) is 26.0 Å². The molecule has 176 valence electrons. The maximum absolute atomic E-state index is 12.9. The topological polar surface area (TPSA) is 84.9 Å². The van der Waals surface area contributed by atoms with Crippen LogP contribution in [0.15, 0.2) is 30.3 Å². The van der Waals surface area contributed by atoms with Gasteiger partial charge in [-0.2, -0.15) is 0 Å². The lowest BCUT2D eigenvalue weighted by molar-refractivity contribution is -0.120. The Kier molecular flexibility index (Phi) is 8.42. The SMILES string of the molecule is COc1cc(C)c(C(C)NC(=O)CN(c2cc(Cl)ccc2OC)S(C)(=O)=O)cc1C(C)C. The number of nitrogens with one attached hydrogen (secondary N) is 1. The summed E-state index contributed by atoms with van der Waals surface area (Å²) in [4.78, 5) is 12.9. The van der Waals surface area contributed by atoms with Crippen LogP contribution >= 0.6 is 11.6 Å². The molecule has 2 aromatic carbocycles. The van der Waals surface area contributed by atoms with Gasteiger partial charge < -0.3 is 14.8 Å². The van der Waals surface area contributed by atoms with Crippen molar-refractivity contribution in [1.82, 2.24) is 5.32 Å². The highest BCUT2D eigenvalue weighted by Gasteiger charge is 2.25. The summed E-state index contributed by atoms with van der Waals surface area (Å²) < 4.78 is 36.7. The number of carbonyl (C=O) groups excluding carboxylic acids is 1. The Bertz CT molecular complexity index is 1090. The number of anilines is 1. The molecular formula is C23H31ClN2O5S. The number of sulfonamides is 1. The van der Waals surface area contributed by atoms with Crippen molar-refractivity contribution < 1.29 is 22.7 Å². The first-order valence-corrected chi connectivity index (χ1v) is 12.4. The van der Waals surface area contributed by atoms with Crippen molar-refractivity contribution in [2.75, 3.05) is 31.3 Å². The van der Waals surface area contributed by atoms with Crippen LogP contribution in [0.3, 0.4) is 0 Å². The molecule has 2 rings (SSSR count). The predicted molar refractivity (Wildman–Crippen MR) is 129 cm³/mol. The van der Waals surface area contributed by atoms with Crippen molar-refractivity contribution in [3.8, 4) is 11.5 Å². The van der Waals surface area contributed by atoms with E-state index in [0.29, 0.717) is 10.8 Å². The molecule has 0 aliphatic carbocycles. The van der Waals surface area contributed by atoms with Gasteiger partial charge in [-0.1, -0.05) is 25.4 Å². The first-order valence-electron chi connectivity index (χ1n) is 10.2. The third kappa shape index (κ3) is 6.07. The molecule has 0 aliphatic rings. The Labute approximate surface area is 195 Å². The van der Waals surface area contributed by atoms with Crippen LogP contribution in [0.5, 0.6) is 11.5 Å². The third-order valence-corrected chi connectivity index (χ3v) is 6.54. The van der Waals surface area contributed by atoms with Crippen molar-refractivity contribution in [2.45, 2.75) is 39.7 Å². The molecule has 0 aliphatic heterocycles. The Morgan fingerprint density at radius 3 is 2.22 bits per heavy atom. The number of ether oxygens (including phenoxy) is 2. The molecule has 0 radical (unpaired) electrons. The minimum Gasteiger partial charge on any atom is -0.496 e. The molecule has 0 spiro atoms. The standard InChI is InChI=1S/C23H31ClN2O5S/c1-14(2)18-12-19(15(3)10-22(18)31-6)16(4)25-23(27)13-26(32(7,28)29)20-11-17(24)8-9-21(20)30-5/h8-12,14,16H,13H2,1-7H3,(H,25,27). The van der Waals surface area contributed by atoms with Gasteiger partial charge in [-0.3, -0.25) is 9.10 Å². The summed E-state index contributed by atoms with van der Waals surface area (Å²) in [7, 11) is -0.722. The molecule has 1 amide bonds. The van der Waals surface area contributed by atoms with Crippen LogP contribution < -0.4 is 19.1 Å². The fourth-order valence-corrected chi connectivity index (χ4v) is 4.56. The quantitative estimate of drug-likeness (QED) is 0.571. The van der Waals surface area contributed by atoms with Crippen LogP contribution in [0.1, 0.15) is 49.4 Å². The van der Waals surface area contributed by atoms with Gasteiger partial charge in [-0.05, 0) is 66.8 Å². The molecule has 1 N–H and O–H groups in total. The first kappa shape index (κ1) is 25.8. The molecule has 0 saturated heterocycles. The number of carbonyl (C=O) groups is 1. The molecule has 0 saturated carbocycles. The highest BCUT2D eigenvalue weighted by Crippen LogP contribution is 2.34. The maximum Gasteiger partial charge on any atom is 0.241 e. The fourth-order valence-electron chi connectivity index (χ4n) is 3.54. The number of benzene rings is 2. The number of halogens is 1. The van der Waals surface area contributed by atoms with E-state index in [0.717, 1.165) is 33.0 Å². The van der Waals surface area contributed by atoms with Crippen molar-refractivity contribution in [3.63, 3.8) is 0 Å². The minimum absolute atomic E-state index is 0.202. The molecule has 7 nitrogen and oxygen atoms in total. The normalized spacial score (nSPS) is 12.4. The molecule has 0 aromatic heterocycles. The van der Waals surface area contributed by atoms with Crippen molar-refractivity contribution >= 4 is 33.2 Å². The molecule has 1 atom stereocenters. The average molecular weight is 483 g/mol. The average Bonchev–Trinajstić information content (AvgIpc) is 2.70. The summed E-state index contributed by atoms with van der Waals surface area (Å²) in [6.07, 6.45) is 1.03. The van der Waals surface area contributed by atoms with Gasteiger partial charge in [0.25, 0.3) is 0 Å². The summed E-state index contributed by atoms with van der Waals surface area (Å²) >= 11 is 6.06. The van der Waals surface area contributed by atoms with Crippen LogP contribution in [-0.4, -0.2) is 41.3 Å². The lowest BCUT2D eigenvalue weighted by Crippen LogP contribution is -2.41. The van der Waals surface area contributed by atoms with Gasteiger partial charge in [-0.25, -0.2) is 8.42 Å². The summed E-state index contributed by atoms with van der Waals surface area (Å²) in [6.45, 7) is 7.54. The fraction of sp³-hybridized carbons (Fsp3) is 0.435. The van der Waals surface area contributed by atoms with E-state index in [-0.39, 0.29) is 17.6 Å². The molecular weight excluding hydrogens is 452 g/mol. The van der Waals surface area contributed by atoms with Crippen molar-refractivity contribution in [1.29, 1.82) is 0 Å². The van der Waals surface area contributed by atoms with E-state index in [1.165, 1.54) is 13.2 Å². The van der Waals surface area contributed by atoms with Gasteiger partial charge in [-0.15, -0.1) is 0 Å². The minimum atomic E-state index is -3.78. The number of nitrogens with zero attached hydrogens (tertiary/aromatic N) is 1. The Balaban J connectivity index is 2.32. The van der Waals surface area contributed by atoms with Gasteiger partial charge in [0, 0.05) is 5.02 Å². The molecule has 0 bridgehead atoms. The van der Waals surface area contributed by atoms with Gasteiger partial charge in [0.05, 0.1) is 32.2 Å². The van der Waals surface area contributed by atoms with Crippen LogP contribution in [0.4, 0.5) is 5.69 Å². The molecule has 32 heavy (non-hydrogen) atoms. The third-order valence-electron chi connectivity index (χ3n) is 5.18. The molecule has 0 fully saturated rings. The molecule has 9 heteroatoms. The zero-order chi connectivity index (χ0) is 24.2. The lowest BCUT2D eigenvalue weighted by Gasteiger charge is -2.25. The second-order valence-electron chi connectivity index (χ2n) is 7.98. The van der Waals surface area contributed by atoms with Crippen LogP contribution in [0.25, 0.3) is 0 Å². The zero-order valence-electron chi connectivity index (χ0n) is 19.5. The summed E-state index contributed by atoms with van der Waals surface area (Å²) in [6, 6.07) is 8.25. The zero-order valence-corrected chi connectivity index (χ0v) is 21.1. The largest absolute Gasteiger partial charge is 0.496 e. The second kappa shape index (κ2) is 10.4. The van der Waals surface area contributed by atoms with Crippen molar-refractivity contribution in [2.24, 2.45) is 0 Å². The highest BCUT2D eigenvalue weighted by atomic mass is 35.5. The van der Waals surface area contributed by atoms with Gasteiger partial charge in [0.1, 0.15) is 18.0 Å². The first-order chi connectivity index (χ1) is 14.9. The lowest BCUT2D eigenvalue weighted by atomic mass is 9.93.